The fourth-order valence-corrected chi connectivity index (χ4v) is 7.75. The van der Waals surface area contributed by atoms with Crippen molar-refractivity contribution in [1.29, 1.82) is 0 Å². The molecular formula is C43H28N2O2. The second-order valence-corrected chi connectivity index (χ2v) is 12.2. The highest BCUT2D eigenvalue weighted by Gasteiger charge is 2.21. The van der Waals surface area contributed by atoms with E-state index in [-0.39, 0.29) is 0 Å². The molecule has 0 aliphatic carbocycles. The number of nitrogens with zero attached hydrogens (tertiary/aromatic N) is 2. The summed E-state index contributed by atoms with van der Waals surface area (Å²) in [6.45, 7) is 6.13. The zero-order valence-corrected chi connectivity index (χ0v) is 25.7. The van der Waals surface area contributed by atoms with Crippen molar-refractivity contribution in [1.82, 2.24) is 9.13 Å². The normalized spacial score (nSPS) is 12.4. The Morgan fingerprint density at radius 2 is 1.02 bits per heavy atom. The van der Waals surface area contributed by atoms with Gasteiger partial charge in [0.1, 0.15) is 22.3 Å². The molecule has 4 nitrogen and oxygen atoms in total. The lowest BCUT2D eigenvalue weighted by molar-refractivity contribution is 0.669. The predicted octanol–water partition coefficient (Wildman–Crippen LogP) is 12.0. The van der Waals surface area contributed by atoms with Gasteiger partial charge >= 0.3 is 0 Å². The van der Waals surface area contributed by atoms with Crippen LogP contribution in [-0.2, 0) is 0 Å². The van der Waals surface area contributed by atoms with Crippen molar-refractivity contribution in [2.75, 3.05) is 0 Å². The van der Waals surface area contributed by atoms with E-state index >= 15 is 0 Å². The highest BCUT2D eigenvalue weighted by molar-refractivity contribution is 6.27. The third-order valence-electron chi connectivity index (χ3n) is 9.70. The lowest BCUT2D eigenvalue weighted by Crippen LogP contribution is -1.99. The number of para-hydroxylation sites is 3. The Morgan fingerprint density at radius 3 is 1.66 bits per heavy atom. The van der Waals surface area contributed by atoms with Crippen LogP contribution >= 0.6 is 0 Å². The van der Waals surface area contributed by atoms with Gasteiger partial charge in [0.15, 0.2) is 0 Å². The monoisotopic (exact) mass is 604 g/mol. The number of allylic oxidation sites excluding steroid dienone is 2. The molecule has 47 heavy (non-hydrogen) atoms. The molecule has 4 heteroatoms. The SMILES string of the molecule is C=C/C=C\c1c(C)n(-c2ccc(-n3c4ccccc4c4c5c(ccc43)oc3ccccc35)cc2)c2ccc3oc4ccccc4c3c12. The minimum atomic E-state index is 0.894. The van der Waals surface area contributed by atoms with E-state index in [9.17, 15) is 0 Å². The Bertz CT molecular complexity index is 2920. The van der Waals surface area contributed by atoms with Crippen LogP contribution < -0.4 is 0 Å². The van der Waals surface area contributed by atoms with Gasteiger partial charge < -0.3 is 18.0 Å². The number of rotatable bonds is 4. The summed E-state index contributed by atoms with van der Waals surface area (Å²) < 4.78 is 17.3. The summed E-state index contributed by atoms with van der Waals surface area (Å²) in [6, 6.07) is 42.8. The van der Waals surface area contributed by atoms with E-state index in [0.29, 0.717) is 0 Å². The number of aromatic nitrogens is 2. The van der Waals surface area contributed by atoms with Crippen molar-refractivity contribution < 1.29 is 8.83 Å². The Kier molecular flexibility index (Phi) is 5.32. The van der Waals surface area contributed by atoms with Gasteiger partial charge in [-0.25, -0.2) is 0 Å². The van der Waals surface area contributed by atoms with Gasteiger partial charge in [0.05, 0.1) is 16.6 Å². The summed E-state index contributed by atoms with van der Waals surface area (Å²) in [5.74, 6) is 0. The van der Waals surface area contributed by atoms with Gasteiger partial charge in [-0.15, -0.1) is 0 Å². The number of furan rings is 2. The minimum Gasteiger partial charge on any atom is -0.456 e. The highest BCUT2D eigenvalue weighted by Crippen LogP contribution is 2.43. The molecule has 0 spiro atoms. The molecule has 6 aromatic carbocycles. The Labute approximate surface area is 269 Å². The molecule has 0 atom stereocenters. The zero-order chi connectivity index (χ0) is 31.2. The molecule has 0 amide bonds. The van der Waals surface area contributed by atoms with Crippen molar-refractivity contribution in [3.05, 3.63) is 151 Å². The molecule has 4 heterocycles. The Hall–Kier alpha value is -6.26. The van der Waals surface area contributed by atoms with Crippen molar-refractivity contribution in [3.8, 4) is 11.4 Å². The van der Waals surface area contributed by atoms with Crippen LogP contribution in [0.15, 0.2) is 149 Å². The van der Waals surface area contributed by atoms with Gasteiger partial charge in [0, 0.05) is 60.3 Å². The van der Waals surface area contributed by atoms with E-state index < -0.39 is 0 Å². The third-order valence-corrected chi connectivity index (χ3v) is 9.70. The first kappa shape index (κ1) is 26.0. The smallest absolute Gasteiger partial charge is 0.136 e. The van der Waals surface area contributed by atoms with Gasteiger partial charge in [0.2, 0.25) is 0 Å². The van der Waals surface area contributed by atoms with E-state index in [1.165, 1.54) is 27.2 Å². The van der Waals surface area contributed by atoms with Crippen LogP contribution in [0.4, 0.5) is 0 Å². The summed E-state index contributed by atoms with van der Waals surface area (Å²) >= 11 is 0. The molecule has 0 radical (unpaired) electrons. The fourth-order valence-electron chi connectivity index (χ4n) is 7.75. The molecule has 0 N–H and O–H groups in total. The van der Waals surface area contributed by atoms with Gasteiger partial charge in [-0.2, -0.15) is 0 Å². The van der Waals surface area contributed by atoms with Crippen LogP contribution in [0.2, 0.25) is 0 Å². The van der Waals surface area contributed by atoms with E-state index in [0.717, 1.165) is 72.0 Å². The van der Waals surface area contributed by atoms with E-state index in [4.69, 9.17) is 8.83 Å². The maximum Gasteiger partial charge on any atom is 0.136 e. The molecule has 222 valence electrons. The summed E-state index contributed by atoms with van der Waals surface area (Å²) in [7, 11) is 0. The lowest BCUT2D eigenvalue weighted by Gasteiger charge is -2.12. The van der Waals surface area contributed by atoms with Crippen molar-refractivity contribution >= 4 is 82.7 Å². The van der Waals surface area contributed by atoms with Crippen LogP contribution in [0.1, 0.15) is 11.3 Å². The molecule has 0 fully saturated rings. The summed E-state index contributed by atoms with van der Waals surface area (Å²) in [5.41, 5.74) is 11.6. The van der Waals surface area contributed by atoms with Gasteiger partial charge in [0.25, 0.3) is 0 Å². The highest BCUT2D eigenvalue weighted by atomic mass is 16.3. The molecule has 0 bridgehead atoms. The molecule has 4 aromatic heterocycles. The topological polar surface area (TPSA) is 36.1 Å². The predicted molar refractivity (Wildman–Crippen MR) is 196 cm³/mol. The molecule has 10 aromatic rings. The van der Waals surface area contributed by atoms with Crippen LogP contribution in [0, 0.1) is 6.92 Å². The van der Waals surface area contributed by atoms with E-state index in [2.05, 4.69) is 126 Å². The average molecular weight is 605 g/mol. The van der Waals surface area contributed by atoms with Crippen LogP contribution in [0.3, 0.4) is 0 Å². The van der Waals surface area contributed by atoms with E-state index in [1.54, 1.807) is 0 Å². The van der Waals surface area contributed by atoms with Crippen LogP contribution in [0.5, 0.6) is 0 Å². The van der Waals surface area contributed by atoms with Gasteiger partial charge in [-0.3, -0.25) is 0 Å². The first-order valence-corrected chi connectivity index (χ1v) is 15.9. The number of benzene rings is 6. The molecule has 0 aliphatic rings. The number of hydrogen-bond donors (Lipinski definition) is 0. The quantitative estimate of drug-likeness (QED) is 0.187. The molecule has 0 saturated heterocycles. The van der Waals surface area contributed by atoms with Crippen LogP contribution in [0.25, 0.3) is 94.0 Å². The molecular weight excluding hydrogens is 576 g/mol. The van der Waals surface area contributed by atoms with Crippen LogP contribution in [-0.4, -0.2) is 9.13 Å². The molecule has 0 saturated carbocycles. The maximum absolute atomic E-state index is 6.29. The summed E-state index contributed by atoms with van der Waals surface area (Å²) in [5, 5.41) is 8.19. The van der Waals surface area contributed by atoms with Gasteiger partial charge in [-0.1, -0.05) is 79.4 Å². The molecule has 0 aliphatic heterocycles. The lowest BCUT2D eigenvalue weighted by atomic mass is 10.0. The Morgan fingerprint density at radius 1 is 0.489 bits per heavy atom. The second kappa shape index (κ2) is 9.62. The average Bonchev–Trinajstić information content (AvgIpc) is 3.84. The third kappa shape index (κ3) is 3.52. The largest absolute Gasteiger partial charge is 0.456 e. The Balaban J connectivity index is 1.21. The number of hydrogen-bond acceptors (Lipinski definition) is 2. The van der Waals surface area contributed by atoms with Gasteiger partial charge in [-0.05, 0) is 73.7 Å². The van der Waals surface area contributed by atoms with Crippen molar-refractivity contribution in [2.24, 2.45) is 0 Å². The fraction of sp³-hybridized carbons (Fsp3) is 0.0233. The zero-order valence-electron chi connectivity index (χ0n) is 25.7. The summed E-state index contributed by atoms with van der Waals surface area (Å²) in [4.78, 5) is 0. The molecule has 0 unspecified atom stereocenters. The standard InChI is InChI=1S/C43H28N2O2/c1-3-4-11-29-26(2)44(34-22-24-38-42(40(29)34)31-13-6-9-16-36(31)46-38)27-18-20-28(21-19-27)45-33-15-8-5-12-30(33)41-35(45)23-25-39-43(41)32-14-7-10-17-37(32)47-39/h3-25H,1H2,2H3/b11-4-. The minimum absolute atomic E-state index is 0.894. The second-order valence-electron chi connectivity index (χ2n) is 12.2. The maximum atomic E-state index is 6.29. The first-order chi connectivity index (χ1) is 23.2. The molecule has 10 rings (SSSR count). The van der Waals surface area contributed by atoms with Crippen molar-refractivity contribution in [2.45, 2.75) is 6.92 Å². The summed E-state index contributed by atoms with van der Waals surface area (Å²) in [6.07, 6.45) is 6.00. The number of fused-ring (bicyclic) bond motifs is 12. The first-order valence-electron chi connectivity index (χ1n) is 15.9. The van der Waals surface area contributed by atoms with E-state index in [1.807, 2.05) is 36.4 Å². The van der Waals surface area contributed by atoms with Crippen molar-refractivity contribution in [3.63, 3.8) is 0 Å².